The summed E-state index contributed by atoms with van der Waals surface area (Å²) >= 11 is 3.56. The number of aromatic nitrogens is 2. The number of hydrogen-bond acceptors (Lipinski definition) is 4. The Morgan fingerprint density at radius 1 is 1.00 bits per heavy atom. The summed E-state index contributed by atoms with van der Waals surface area (Å²) in [5.74, 6) is 1.08. The molecule has 2 heterocycles. The van der Waals surface area contributed by atoms with E-state index in [9.17, 15) is 0 Å². The minimum Gasteiger partial charge on any atom is -0.353 e. The van der Waals surface area contributed by atoms with Crippen molar-refractivity contribution in [3.63, 3.8) is 0 Å². The number of hydrogen-bond donors (Lipinski definition) is 0. The van der Waals surface area contributed by atoms with Crippen LogP contribution in [0.5, 0.6) is 0 Å². The van der Waals surface area contributed by atoms with E-state index < -0.39 is 0 Å². The molecule has 4 nitrogen and oxygen atoms in total. The van der Waals surface area contributed by atoms with Crippen molar-refractivity contribution < 1.29 is 0 Å². The molecule has 1 saturated heterocycles. The lowest BCUT2D eigenvalue weighted by Gasteiger charge is -2.38. The number of nitrogens with zero attached hydrogens (tertiary/aromatic N) is 4. The van der Waals surface area contributed by atoms with E-state index >= 15 is 0 Å². The Hall–Kier alpha value is -1.20. The Morgan fingerprint density at radius 2 is 1.77 bits per heavy atom. The normalized spacial score (nSPS) is 20.9. The fraction of sp³-hybridized carbons (Fsp3) is 0.529. The Kier molecular flexibility index (Phi) is 4.01. The van der Waals surface area contributed by atoms with Crippen LogP contribution >= 0.6 is 15.9 Å². The molecular formula is C17H21BrN4. The lowest BCUT2D eigenvalue weighted by molar-refractivity contribution is 0.187. The summed E-state index contributed by atoms with van der Waals surface area (Å²) in [6, 6.07) is 7.06. The first-order valence-electron chi connectivity index (χ1n) is 8.20. The first-order valence-corrected chi connectivity index (χ1v) is 9.00. The minimum atomic E-state index is 0.832. The topological polar surface area (TPSA) is 32.3 Å². The molecule has 1 aliphatic heterocycles. The summed E-state index contributed by atoms with van der Waals surface area (Å²) in [6.45, 7) is 4.44. The number of fused-ring (bicyclic) bond motifs is 1. The van der Waals surface area contributed by atoms with Crippen LogP contribution in [0.2, 0.25) is 0 Å². The summed E-state index contributed by atoms with van der Waals surface area (Å²) in [7, 11) is 0. The van der Waals surface area contributed by atoms with Gasteiger partial charge in [0.15, 0.2) is 0 Å². The van der Waals surface area contributed by atoms with E-state index in [1.54, 1.807) is 6.33 Å². The average molecular weight is 361 g/mol. The minimum absolute atomic E-state index is 0.832. The fourth-order valence-corrected chi connectivity index (χ4v) is 4.20. The molecule has 2 aromatic rings. The maximum absolute atomic E-state index is 4.57. The summed E-state index contributed by atoms with van der Waals surface area (Å²) in [6.07, 6.45) is 7.30. The number of benzene rings is 1. The highest BCUT2D eigenvalue weighted by Crippen LogP contribution is 2.29. The van der Waals surface area contributed by atoms with Gasteiger partial charge in [-0.1, -0.05) is 28.8 Å². The average Bonchev–Trinajstić information content (AvgIpc) is 3.09. The van der Waals surface area contributed by atoms with Gasteiger partial charge in [-0.25, -0.2) is 9.97 Å². The molecule has 2 fully saturated rings. The second-order valence-electron chi connectivity index (χ2n) is 6.32. The van der Waals surface area contributed by atoms with Crippen molar-refractivity contribution in [2.45, 2.75) is 31.7 Å². The predicted molar refractivity (Wildman–Crippen MR) is 93.3 cm³/mol. The molecule has 22 heavy (non-hydrogen) atoms. The van der Waals surface area contributed by atoms with Crippen LogP contribution in [-0.2, 0) is 0 Å². The third-order valence-corrected chi connectivity index (χ3v) is 5.52. The third-order valence-electron chi connectivity index (χ3n) is 5.03. The second kappa shape index (κ2) is 6.13. The molecule has 1 aliphatic carbocycles. The lowest BCUT2D eigenvalue weighted by atomic mass is 10.1. The van der Waals surface area contributed by atoms with Crippen LogP contribution in [0.4, 0.5) is 5.82 Å². The molecule has 0 unspecified atom stereocenters. The summed E-state index contributed by atoms with van der Waals surface area (Å²) in [5.41, 5.74) is 1.02. The first kappa shape index (κ1) is 14.4. The molecule has 1 saturated carbocycles. The highest BCUT2D eigenvalue weighted by molar-refractivity contribution is 9.10. The molecule has 2 aliphatic rings. The molecule has 0 atom stereocenters. The van der Waals surface area contributed by atoms with E-state index in [4.69, 9.17) is 0 Å². The molecule has 0 radical (unpaired) electrons. The van der Waals surface area contributed by atoms with Gasteiger partial charge in [0.25, 0.3) is 0 Å². The van der Waals surface area contributed by atoms with Gasteiger partial charge >= 0.3 is 0 Å². The number of halogens is 1. The Bertz CT molecular complexity index is 661. The maximum atomic E-state index is 4.57. The first-order chi connectivity index (χ1) is 10.8. The van der Waals surface area contributed by atoms with Crippen molar-refractivity contribution in [2.75, 3.05) is 31.1 Å². The summed E-state index contributed by atoms with van der Waals surface area (Å²) < 4.78 is 1.08. The van der Waals surface area contributed by atoms with E-state index in [0.717, 1.165) is 53.4 Å². The number of rotatable bonds is 2. The highest BCUT2D eigenvalue weighted by Gasteiger charge is 2.27. The van der Waals surface area contributed by atoms with Gasteiger partial charge in [0.1, 0.15) is 12.1 Å². The van der Waals surface area contributed by atoms with Crippen molar-refractivity contribution in [3.8, 4) is 0 Å². The van der Waals surface area contributed by atoms with Gasteiger partial charge in [-0.2, -0.15) is 0 Å². The third kappa shape index (κ3) is 2.72. The van der Waals surface area contributed by atoms with Gasteiger partial charge in [0.2, 0.25) is 0 Å². The zero-order valence-electron chi connectivity index (χ0n) is 12.7. The predicted octanol–water partition coefficient (Wildman–Crippen LogP) is 3.46. The van der Waals surface area contributed by atoms with Crippen LogP contribution < -0.4 is 4.90 Å². The SMILES string of the molecule is Brc1ccc2ncnc(N3CCN(C4CCCC4)CC3)c2c1. The molecule has 1 aromatic heterocycles. The molecular weight excluding hydrogens is 340 g/mol. The van der Waals surface area contributed by atoms with Crippen molar-refractivity contribution in [2.24, 2.45) is 0 Å². The second-order valence-corrected chi connectivity index (χ2v) is 7.24. The molecule has 0 bridgehead atoms. The van der Waals surface area contributed by atoms with E-state index in [0.29, 0.717) is 0 Å². The van der Waals surface area contributed by atoms with Gasteiger partial charge in [-0.3, -0.25) is 4.90 Å². The lowest BCUT2D eigenvalue weighted by Crippen LogP contribution is -2.50. The quantitative estimate of drug-likeness (QED) is 0.820. The van der Waals surface area contributed by atoms with E-state index in [-0.39, 0.29) is 0 Å². The van der Waals surface area contributed by atoms with Crippen molar-refractivity contribution in [3.05, 3.63) is 29.0 Å². The van der Waals surface area contributed by atoms with Crippen molar-refractivity contribution in [1.82, 2.24) is 14.9 Å². The summed E-state index contributed by atoms with van der Waals surface area (Å²) in [5, 5.41) is 1.14. The highest BCUT2D eigenvalue weighted by atomic mass is 79.9. The number of piperazine rings is 1. The van der Waals surface area contributed by atoms with Crippen LogP contribution in [-0.4, -0.2) is 47.1 Å². The van der Waals surface area contributed by atoms with Crippen molar-refractivity contribution >= 4 is 32.7 Å². The molecule has 116 valence electrons. The van der Waals surface area contributed by atoms with Crippen LogP contribution in [0.1, 0.15) is 25.7 Å². The van der Waals surface area contributed by atoms with Crippen LogP contribution in [0.15, 0.2) is 29.0 Å². The largest absolute Gasteiger partial charge is 0.353 e. The monoisotopic (exact) mass is 360 g/mol. The van der Waals surface area contributed by atoms with E-state index in [2.05, 4.69) is 47.8 Å². The molecule has 0 amide bonds. The maximum Gasteiger partial charge on any atom is 0.140 e. The van der Waals surface area contributed by atoms with Gasteiger partial charge in [0.05, 0.1) is 5.52 Å². The van der Waals surface area contributed by atoms with Gasteiger partial charge in [-0.05, 0) is 31.0 Å². The summed E-state index contributed by atoms with van der Waals surface area (Å²) in [4.78, 5) is 14.1. The molecule has 1 aromatic carbocycles. The van der Waals surface area contributed by atoms with E-state index in [1.165, 1.54) is 25.7 Å². The smallest absolute Gasteiger partial charge is 0.140 e. The molecule has 4 rings (SSSR count). The zero-order chi connectivity index (χ0) is 14.9. The molecule has 0 N–H and O–H groups in total. The zero-order valence-corrected chi connectivity index (χ0v) is 14.3. The molecule has 5 heteroatoms. The fourth-order valence-electron chi connectivity index (χ4n) is 3.84. The van der Waals surface area contributed by atoms with Gasteiger partial charge in [-0.15, -0.1) is 0 Å². The Labute approximate surface area is 139 Å². The number of anilines is 1. The Balaban J connectivity index is 1.55. The van der Waals surface area contributed by atoms with E-state index in [1.807, 2.05) is 6.07 Å². The van der Waals surface area contributed by atoms with Gasteiger partial charge in [0, 0.05) is 42.1 Å². The van der Waals surface area contributed by atoms with Crippen LogP contribution in [0, 0.1) is 0 Å². The van der Waals surface area contributed by atoms with Crippen LogP contribution in [0.25, 0.3) is 10.9 Å². The van der Waals surface area contributed by atoms with Crippen molar-refractivity contribution in [1.29, 1.82) is 0 Å². The standard InChI is InChI=1S/C17H21BrN4/c18-13-5-6-16-15(11-13)17(20-12-19-16)22-9-7-21(8-10-22)14-3-1-2-4-14/h5-6,11-12,14H,1-4,7-10H2. The molecule has 0 spiro atoms. The van der Waals surface area contributed by atoms with Gasteiger partial charge < -0.3 is 4.90 Å². The van der Waals surface area contributed by atoms with Crippen LogP contribution in [0.3, 0.4) is 0 Å². The Morgan fingerprint density at radius 3 is 2.55 bits per heavy atom.